The predicted octanol–water partition coefficient (Wildman–Crippen LogP) is 2.46. The fourth-order valence-corrected chi connectivity index (χ4v) is 5.10. The molecular weight excluding hydrogens is 366 g/mol. The molecule has 4 aliphatic heterocycles. The van der Waals surface area contributed by atoms with Crippen LogP contribution in [0.4, 0.5) is 0 Å². The van der Waals surface area contributed by atoms with Gasteiger partial charge < -0.3 is 14.2 Å². The van der Waals surface area contributed by atoms with Crippen molar-refractivity contribution in [1.82, 2.24) is 14.7 Å². The predicted molar refractivity (Wildman–Crippen MR) is 118 cm³/mol. The second-order valence-corrected chi connectivity index (χ2v) is 9.87. The molecule has 0 aromatic carbocycles. The van der Waals surface area contributed by atoms with E-state index in [9.17, 15) is 0 Å². The summed E-state index contributed by atoms with van der Waals surface area (Å²) in [6.45, 7) is 17.0. The Balaban J connectivity index is 0.000000166. The monoisotopic (exact) mass is 411 g/mol. The number of nitrogens with zero attached hydrogens (tertiary/aromatic N) is 3. The van der Waals surface area contributed by atoms with E-state index < -0.39 is 0 Å². The van der Waals surface area contributed by atoms with Crippen LogP contribution < -0.4 is 0 Å². The van der Waals surface area contributed by atoms with E-state index in [-0.39, 0.29) is 0 Å². The SMILES string of the molecule is CC(C)OCCN1CC2CCC(C1)N2C.CC(C)OCCN1CC2CCC(C1)O2. The molecule has 170 valence electrons. The topological polar surface area (TPSA) is 37.4 Å². The number of hydrogen-bond acceptors (Lipinski definition) is 6. The highest BCUT2D eigenvalue weighted by Crippen LogP contribution is 2.28. The van der Waals surface area contributed by atoms with Crippen molar-refractivity contribution in [3.8, 4) is 0 Å². The van der Waals surface area contributed by atoms with Gasteiger partial charge in [0.05, 0.1) is 37.6 Å². The lowest BCUT2D eigenvalue weighted by molar-refractivity contribution is -0.0483. The van der Waals surface area contributed by atoms with E-state index >= 15 is 0 Å². The molecule has 0 N–H and O–H groups in total. The van der Waals surface area contributed by atoms with Crippen LogP contribution >= 0.6 is 0 Å². The van der Waals surface area contributed by atoms with Gasteiger partial charge in [0, 0.05) is 51.4 Å². The summed E-state index contributed by atoms with van der Waals surface area (Å²) >= 11 is 0. The average molecular weight is 412 g/mol. The summed E-state index contributed by atoms with van der Waals surface area (Å²) in [6.07, 6.45) is 7.03. The Morgan fingerprint density at radius 2 is 1.17 bits per heavy atom. The molecule has 4 saturated heterocycles. The molecule has 6 nitrogen and oxygen atoms in total. The van der Waals surface area contributed by atoms with E-state index in [1.165, 1.54) is 38.8 Å². The maximum atomic E-state index is 5.77. The average Bonchev–Trinajstić information content (AvgIpc) is 3.08. The van der Waals surface area contributed by atoms with Crippen LogP contribution in [0.5, 0.6) is 0 Å². The molecule has 4 heterocycles. The van der Waals surface area contributed by atoms with Gasteiger partial charge in [-0.2, -0.15) is 0 Å². The summed E-state index contributed by atoms with van der Waals surface area (Å²) in [4.78, 5) is 7.62. The first-order chi connectivity index (χ1) is 13.9. The van der Waals surface area contributed by atoms with E-state index in [0.717, 1.165) is 51.5 Å². The Labute approximate surface area is 178 Å². The molecule has 6 heteroatoms. The minimum Gasteiger partial charge on any atom is -0.377 e. The zero-order valence-corrected chi connectivity index (χ0v) is 19.5. The molecule has 0 aliphatic carbocycles. The van der Waals surface area contributed by atoms with Crippen molar-refractivity contribution in [2.75, 3.05) is 59.5 Å². The highest BCUT2D eigenvalue weighted by Gasteiger charge is 2.37. The molecule has 4 unspecified atom stereocenters. The number of ether oxygens (including phenoxy) is 3. The first-order valence-electron chi connectivity index (χ1n) is 12.0. The number of piperazine rings is 1. The second kappa shape index (κ2) is 11.4. The standard InChI is InChI=1S/C12H24N2O.C11H21NO2/c1-10(2)15-7-6-14-8-11-4-5-12(9-14)13(11)3;1-9(2)13-6-5-12-7-10-3-4-11(8-12)14-10/h10-12H,4-9H2,1-3H3;9-11H,3-8H2,1-2H3. The maximum Gasteiger partial charge on any atom is 0.0707 e. The van der Waals surface area contributed by atoms with Crippen molar-refractivity contribution in [2.24, 2.45) is 0 Å². The summed E-state index contributed by atoms with van der Waals surface area (Å²) in [6, 6.07) is 1.62. The summed E-state index contributed by atoms with van der Waals surface area (Å²) in [7, 11) is 2.28. The molecule has 4 rings (SSSR count). The minimum atomic E-state index is 0.354. The number of fused-ring (bicyclic) bond motifs is 4. The fraction of sp³-hybridized carbons (Fsp3) is 1.00. The van der Waals surface area contributed by atoms with Gasteiger partial charge in [-0.15, -0.1) is 0 Å². The lowest BCUT2D eigenvalue weighted by atomic mass is 10.2. The lowest BCUT2D eigenvalue weighted by Gasteiger charge is -2.38. The van der Waals surface area contributed by atoms with Gasteiger partial charge in [-0.1, -0.05) is 0 Å². The van der Waals surface area contributed by atoms with Crippen LogP contribution in [0.25, 0.3) is 0 Å². The van der Waals surface area contributed by atoms with Crippen LogP contribution in [-0.4, -0.2) is 111 Å². The van der Waals surface area contributed by atoms with Gasteiger partial charge in [0.25, 0.3) is 0 Å². The van der Waals surface area contributed by atoms with Gasteiger partial charge in [0.2, 0.25) is 0 Å². The second-order valence-electron chi connectivity index (χ2n) is 9.87. The fourth-order valence-electron chi connectivity index (χ4n) is 5.10. The molecule has 4 aliphatic rings. The van der Waals surface area contributed by atoms with Crippen LogP contribution in [0.15, 0.2) is 0 Å². The third-order valence-corrected chi connectivity index (χ3v) is 6.76. The van der Waals surface area contributed by atoms with Gasteiger partial charge in [0.1, 0.15) is 0 Å². The van der Waals surface area contributed by atoms with Crippen molar-refractivity contribution in [3.63, 3.8) is 0 Å². The quantitative estimate of drug-likeness (QED) is 0.611. The largest absolute Gasteiger partial charge is 0.377 e. The van der Waals surface area contributed by atoms with E-state index in [1.807, 2.05) is 0 Å². The Hall–Kier alpha value is -0.240. The van der Waals surface area contributed by atoms with Crippen molar-refractivity contribution >= 4 is 0 Å². The third-order valence-electron chi connectivity index (χ3n) is 6.76. The summed E-state index contributed by atoms with van der Waals surface area (Å²) < 4.78 is 16.9. The summed E-state index contributed by atoms with van der Waals surface area (Å²) in [5.41, 5.74) is 0. The molecule has 0 spiro atoms. The highest BCUT2D eigenvalue weighted by molar-refractivity contribution is 4.93. The van der Waals surface area contributed by atoms with Crippen molar-refractivity contribution in [3.05, 3.63) is 0 Å². The molecule has 4 bridgehead atoms. The molecule has 0 radical (unpaired) electrons. The van der Waals surface area contributed by atoms with Crippen LogP contribution in [0.3, 0.4) is 0 Å². The van der Waals surface area contributed by atoms with E-state index in [0.29, 0.717) is 24.4 Å². The molecular formula is C23H45N3O3. The molecule has 0 saturated carbocycles. The van der Waals surface area contributed by atoms with Gasteiger partial charge in [-0.3, -0.25) is 14.7 Å². The van der Waals surface area contributed by atoms with E-state index in [1.54, 1.807) is 0 Å². The molecule has 0 aromatic rings. The maximum absolute atomic E-state index is 5.77. The van der Waals surface area contributed by atoms with Gasteiger partial charge in [-0.05, 0) is 60.4 Å². The smallest absolute Gasteiger partial charge is 0.0707 e. The molecule has 4 atom stereocenters. The van der Waals surface area contributed by atoms with Crippen molar-refractivity contribution in [2.45, 2.75) is 89.9 Å². The lowest BCUT2D eigenvalue weighted by Crippen LogP contribution is -2.52. The summed E-state index contributed by atoms with van der Waals surface area (Å²) in [5.74, 6) is 0. The minimum absolute atomic E-state index is 0.354. The van der Waals surface area contributed by atoms with Gasteiger partial charge in [0.15, 0.2) is 0 Å². The van der Waals surface area contributed by atoms with Gasteiger partial charge in [-0.25, -0.2) is 0 Å². The Kier molecular flexibility index (Phi) is 9.21. The van der Waals surface area contributed by atoms with Crippen LogP contribution in [0, 0.1) is 0 Å². The van der Waals surface area contributed by atoms with Crippen LogP contribution in [0.2, 0.25) is 0 Å². The third kappa shape index (κ3) is 7.44. The van der Waals surface area contributed by atoms with E-state index in [4.69, 9.17) is 14.2 Å². The van der Waals surface area contributed by atoms with Crippen molar-refractivity contribution < 1.29 is 14.2 Å². The van der Waals surface area contributed by atoms with Crippen molar-refractivity contribution in [1.29, 1.82) is 0 Å². The van der Waals surface area contributed by atoms with Crippen LogP contribution in [-0.2, 0) is 14.2 Å². The van der Waals surface area contributed by atoms with Crippen LogP contribution in [0.1, 0.15) is 53.4 Å². The molecule has 0 aromatic heterocycles. The number of morpholine rings is 1. The Bertz CT molecular complexity index is 450. The molecule has 4 fully saturated rings. The number of likely N-dealkylation sites (N-methyl/N-ethyl adjacent to an activating group) is 1. The number of rotatable bonds is 8. The molecule has 29 heavy (non-hydrogen) atoms. The zero-order chi connectivity index (χ0) is 20.8. The number of hydrogen-bond donors (Lipinski definition) is 0. The number of likely N-dealkylation sites (tertiary alicyclic amines) is 2. The Morgan fingerprint density at radius 3 is 1.62 bits per heavy atom. The summed E-state index contributed by atoms with van der Waals surface area (Å²) in [5, 5.41) is 0. The molecule has 0 amide bonds. The zero-order valence-electron chi connectivity index (χ0n) is 19.5. The normalized spacial score (nSPS) is 32.8. The highest BCUT2D eigenvalue weighted by atomic mass is 16.5. The van der Waals surface area contributed by atoms with Gasteiger partial charge >= 0.3 is 0 Å². The first-order valence-corrected chi connectivity index (χ1v) is 12.0. The first kappa shape index (κ1) is 23.4. The van der Waals surface area contributed by atoms with E-state index in [2.05, 4.69) is 49.4 Å². The Morgan fingerprint density at radius 1 is 0.724 bits per heavy atom.